The zero-order valence-corrected chi connectivity index (χ0v) is 14.3. The summed E-state index contributed by atoms with van der Waals surface area (Å²) in [5.74, 6) is 0.695. The third-order valence-corrected chi connectivity index (χ3v) is 3.97. The lowest BCUT2D eigenvalue weighted by Crippen LogP contribution is -2.02. The molecule has 0 amide bonds. The Hall–Kier alpha value is -3.99. The quantitative estimate of drug-likeness (QED) is 0.568. The van der Waals surface area contributed by atoms with Gasteiger partial charge in [0.25, 0.3) is 0 Å². The van der Waals surface area contributed by atoms with Gasteiger partial charge in [-0.25, -0.2) is 9.67 Å². The highest BCUT2D eigenvalue weighted by molar-refractivity contribution is 5.65. The minimum atomic E-state index is 0.257. The van der Waals surface area contributed by atoms with E-state index in [0.29, 0.717) is 24.6 Å². The number of hydrogen-bond acceptors (Lipinski definition) is 6. The molecule has 2 heterocycles. The summed E-state index contributed by atoms with van der Waals surface area (Å²) in [6.07, 6.45) is 3.21. The van der Waals surface area contributed by atoms with E-state index in [4.69, 9.17) is 10.00 Å². The summed E-state index contributed by atoms with van der Waals surface area (Å²) in [7, 11) is 0. The number of nitrogens with one attached hydrogen (secondary N) is 1. The van der Waals surface area contributed by atoms with Gasteiger partial charge in [0.1, 0.15) is 36.8 Å². The van der Waals surface area contributed by atoms with E-state index in [0.717, 1.165) is 16.7 Å². The van der Waals surface area contributed by atoms with E-state index in [1.54, 1.807) is 11.0 Å². The summed E-state index contributed by atoms with van der Waals surface area (Å²) in [5, 5.41) is 23.6. The van der Waals surface area contributed by atoms with Gasteiger partial charge in [-0.05, 0) is 23.3 Å². The maximum Gasteiger partial charge on any atom is 0.190 e. The molecule has 8 nitrogen and oxygen atoms in total. The Bertz CT molecular complexity index is 1080. The molecule has 0 bridgehead atoms. The normalized spacial score (nSPS) is 10.5. The molecule has 0 radical (unpaired) electrons. The Balaban J connectivity index is 1.46. The molecule has 0 saturated carbocycles. The largest absolute Gasteiger partial charge is 0.489 e. The molecule has 0 fully saturated rings. The van der Waals surface area contributed by atoms with Crippen LogP contribution in [0.2, 0.25) is 0 Å². The fraction of sp³-hybridized carbons (Fsp3) is 0.105. The SMILES string of the molecule is N#Cc1n[nH]nc1-c1cccc(OCc2cccc(Cn3cncn3)c2)c1. The van der Waals surface area contributed by atoms with Crippen molar-refractivity contribution >= 4 is 0 Å². The van der Waals surface area contributed by atoms with Crippen LogP contribution in [0.3, 0.4) is 0 Å². The van der Waals surface area contributed by atoms with Crippen molar-refractivity contribution in [3.63, 3.8) is 0 Å². The number of rotatable bonds is 6. The first kappa shape index (κ1) is 16.5. The second-order valence-corrected chi connectivity index (χ2v) is 5.86. The Morgan fingerprint density at radius 2 is 1.96 bits per heavy atom. The molecule has 0 atom stereocenters. The maximum absolute atomic E-state index is 9.09. The van der Waals surface area contributed by atoms with Crippen molar-refractivity contribution in [2.24, 2.45) is 0 Å². The van der Waals surface area contributed by atoms with Gasteiger partial charge in [-0.2, -0.15) is 20.7 Å². The van der Waals surface area contributed by atoms with E-state index < -0.39 is 0 Å². The van der Waals surface area contributed by atoms with Crippen molar-refractivity contribution in [3.05, 3.63) is 78.0 Å². The van der Waals surface area contributed by atoms with Gasteiger partial charge in [-0.1, -0.05) is 36.4 Å². The van der Waals surface area contributed by atoms with Crippen LogP contribution < -0.4 is 4.74 Å². The Morgan fingerprint density at radius 1 is 1.07 bits per heavy atom. The molecule has 0 spiro atoms. The molecule has 0 aliphatic heterocycles. The van der Waals surface area contributed by atoms with Crippen molar-refractivity contribution in [3.8, 4) is 23.1 Å². The van der Waals surface area contributed by atoms with E-state index in [2.05, 4.69) is 31.6 Å². The van der Waals surface area contributed by atoms with Gasteiger partial charge in [0.2, 0.25) is 0 Å². The molecule has 4 aromatic rings. The van der Waals surface area contributed by atoms with Crippen LogP contribution in [0.4, 0.5) is 0 Å². The molecule has 2 aromatic carbocycles. The third kappa shape index (κ3) is 3.82. The van der Waals surface area contributed by atoms with Crippen LogP contribution in [-0.4, -0.2) is 30.2 Å². The second-order valence-electron chi connectivity index (χ2n) is 5.86. The van der Waals surface area contributed by atoms with Crippen molar-refractivity contribution in [1.82, 2.24) is 30.2 Å². The molecule has 0 unspecified atom stereocenters. The summed E-state index contributed by atoms with van der Waals surface area (Å²) in [6, 6.07) is 17.6. The molecule has 4 rings (SSSR count). The predicted octanol–water partition coefficient (Wildman–Crippen LogP) is 2.56. The first-order valence-corrected chi connectivity index (χ1v) is 8.26. The van der Waals surface area contributed by atoms with Gasteiger partial charge >= 0.3 is 0 Å². The lowest BCUT2D eigenvalue weighted by molar-refractivity contribution is 0.306. The summed E-state index contributed by atoms with van der Waals surface area (Å²) in [5.41, 5.74) is 3.72. The molecule has 0 aliphatic carbocycles. The first-order valence-electron chi connectivity index (χ1n) is 8.26. The number of benzene rings is 2. The van der Waals surface area contributed by atoms with Crippen LogP contribution in [-0.2, 0) is 13.2 Å². The first-order chi connectivity index (χ1) is 13.3. The van der Waals surface area contributed by atoms with Gasteiger partial charge in [0.05, 0.1) is 6.54 Å². The molecule has 2 aromatic heterocycles. The number of H-pyrrole nitrogens is 1. The average molecular weight is 357 g/mol. The minimum absolute atomic E-state index is 0.257. The zero-order chi connectivity index (χ0) is 18.5. The number of aromatic nitrogens is 6. The summed E-state index contributed by atoms with van der Waals surface area (Å²) >= 11 is 0. The highest BCUT2D eigenvalue weighted by Crippen LogP contribution is 2.24. The molecule has 0 saturated heterocycles. The highest BCUT2D eigenvalue weighted by Gasteiger charge is 2.10. The van der Waals surface area contributed by atoms with E-state index in [-0.39, 0.29) is 5.69 Å². The predicted molar refractivity (Wildman–Crippen MR) is 96.4 cm³/mol. The maximum atomic E-state index is 9.09. The molecule has 1 N–H and O–H groups in total. The number of nitriles is 1. The molecular formula is C19H15N7O. The van der Waals surface area contributed by atoms with Gasteiger partial charge in [0.15, 0.2) is 5.69 Å². The Labute approximate surface area is 155 Å². The van der Waals surface area contributed by atoms with Gasteiger partial charge in [-0.3, -0.25) is 0 Å². The number of ether oxygens (including phenoxy) is 1. The van der Waals surface area contributed by atoms with E-state index >= 15 is 0 Å². The smallest absolute Gasteiger partial charge is 0.190 e. The molecule has 8 heteroatoms. The van der Waals surface area contributed by atoms with Gasteiger partial charge < -0.3 is 4.74 Å². The van der Waals surface area contributed by atoms with Crippen LogP contribution in [0.25, 0.3) is 11.3 Å². The van der Waals surface area contributed by atoms with E-state index in [1.165, 1.54) is 6.33 Å². The molecule has 27 heavy (non-hydrogen) atoms. The number of hydrogen-bond donors (Lipinski definition) is 1. The molecule has 0 aliphatic rings. The lowest BCUT2D eigenvalue weighted by Gasteiger charge is -2.09. The van der Waals surface area contributed by atoms with Crippen LogP contribution in [0.5, 0.6) is 5.75 Å². The van der Waals surface area contributed by atoms with E-state index in [1.807, 2.05) is 48.5 Å². The highest BCUT2D eigenvalue weighted by atomic mass is 16.5. The topological polar surface area (TPSA) is 105 Å². The summed E-state index contributed by atoms with van der Waals surface area (Å²) < 4.78 is 7.69. The lowest BCUT2D eigenvalue weighted by atomic mass is 10.1. The van der Waals surface area contributed by atoms with Crippen LogP contribution in [0.15, 0.2) is 61.2 Å². The van der Waals surface area contributed by atoms with Crippen LogP contribution in [0.1, 0.15) is 16.8 Å². The fourth-order valence-corrected chi connectivity index (χ4v) is 2.73. The summed E-state index contributed by atoms with van der Waals surface area (Å²) in [4.78, 5) is 3.95. The second kappa shape index (κ2) is 7.49. The van der Waals surface area contributed by atoms with E-state index in [9.17, 15) is 0 Å². The monoisotopic (exact) mass is 357 g/mol. The van der Waals surface area contributed by atoms with Crippen molar-refractivity contribution < 1.29 is 4.74 Å². The van der Waals surface area contributed by atoms with Gasteiger partial charge in [0, 0.05) is 5.56 Å². The molecule has 132 valence electrons. The standard InChI is InChI=1S/C19H15N7O/c20-9-18-19(24-25-23-18)16-5-2-6-17(8-16)27-11-15-4-1-3-14(7-15)10-26-13-21-12-22-26/h1-8,12-13H,10-11H2,(H,23,24,25). The Morgan fingerprint density at radius 3 is 2.81 bits per heavy atom. The zero-order valence-electron chi connectivity index (χ0n) is 14.3. The summed E-state index contributed by atoms with van der Waals surface area (Å²) in [6.45, 7) is 1.09. The van der Waals surface area contributed by atoms with Crippen molar-refractivity contribution in [2.45, 2.75) is 13.2 Å². The van der Waals surface area contributed by atoms with Gasteiger partial charge in [-0.15, -0.1) is 5.10 Å². The van der Waals surface area contributed by atoms with Crippen molar-refractivity contribution in [2.75, 3.05) is 0 Å². The third-order valence-electron chi connectivity index (χ3n) is 3.97. The average Bonchev–Trinajstić information content (AvgIpc) is 3.38. The fourth-order valence-electron chi connectivity index (χ4n) is 2.73. The number of aromatic amines is 1. The number of nitrogens with zero attached hydrogens (tertiary/aromatic N) is 6. The van der Waals surface area contributed by atoms with Crippen LogP contribution in [0, 0.1) is 11.3 Å². The van der Waals surface area contributed by atoms with Crippen LogP contribution >= 0.6 is 0 Å². The minimum Gasteiger partial charge on any atom is -0.489 e. The van der Waals surface area contributed by atoms with Crippen molar-refractivity contribution in [1.29, 1.82) is 5.26 Å². The Kier molecular flexibility index (Phi) is 4.57. The molecular weight excluding hydrogens is 342 g/mol.